The number of piperidine rings is 1. The molecule has 0 atom stereocenters. The number of aromatic amines is 1. The first-order valence-electron chi connectivity index (χ1n) is 9.56. The van der Waals surface area contributed by atoms with Crippen LogP contribution in [-0.2, 0) is 11.2 Å². The van der Waals surface area contributed by atoms with Crippen molar-refractivity contribution in [2.45, 2.75) is 32.1 Å². The number of nitrogens with one attached hydrogen (secondary N) is 2. The summed E-state index contributed by atoms with van der Waals surface area (Å²) in [4.78, 5) is 21.4. The van der Waals surface area contributed by atoms with Gasteiger partial charge in [-0.3, -0.25) is 4.79 Å². The van der Waals surface area contributed by atoms with Gasteiger partial charge in [0.25, 0.3) is 5.92 Å². The first-order valence-corrected chi connectivity index (χ1v) is 9.56. The van der Waals surface area contributed by atoms with Crippen molar-refractivity contribution < 1.29 is 22.4 Å². The van der Waals surface area contributed by atoms with Crippen LogP contribution < -0.4 is 10.2 Å². The molecule has 0 unspecified atom stereocenters. The molecule has 3 aromatic rings. The molecule has 1 saturated heterocycles. The molecule has 30 heavy (non-hydrogen) atoms. The first kappa shape index (κ1) is 20.2. The topological polar surface area (TPSA) is 61.0 Å². The van der Waals surface area contributed by atoms with Gasteiger partial charge in [-0.1, -0.05) is 6.07 Å². The molecule has 9 heteroatoms. The van der Waals surface area contributed by atoms with Crippen molar-refractivity contribution in [1.82, 2.24) is 9.97 Å². The molecule has 1 aliphatic heterocycles. The van der Waals surface area contributed by atoms with Crippen molar-refractivity contribution in [2.75, 3.05) is 23.3 Å². The highest BCUT2D eigenvalue weighted by Crippen LogP contribution is 2.31. The van der Waals surface area contributed by atoms with Crippen LogP contribution in [0.3, 0.4) is 0 Å². The van der Waals surface area contributed by atoms with E-state index in [0.29, 0.717) is 28.0 Å². The van der Waals surface area contributed by atoms with E-state index in [2.05, 4.69) is 15.3 Å². The van der Waals surface area contributed by atoms with Crippen LogP contribution in [0.5, 0.6) is 0 Å². The third-order valence-corrected chi connectivity index (χ3v) is 5.26. The number of aryl methyl sites for hydroxylation is 1. The fraction of sp³-hybridized carbons (Fsp3) is 0.333. The van der Waals surface area contributed by atoms with Gasteiger partial charge in [0, 0.05) is 49.8 Å². The third kappa shape index (κ3) is 4.10. The minimum absolute atomic E-state index is 0.0303. The standard InChI is InChI=1S/C21H20F4N4O/c1-12-6-13(10-27-20(12)29-4-2-21(24,25)3-5-29)7-19(30)28-18-11-26-17-9-16(23)15(22)8-14(17)18/h6,8-11,26H,2-5,7H2,1H3,(H,28,30). The highest BCUT2D eigenvalue weighted by Gasteiger charge is 2.34. The summed E-state index contributed by atoms with van der Waals surface area (Å²) in [6, 6.07) is 3.86. The Hall–Kier alpha value is -3.10. The van der Waals surface area contributed by atoms with E-state index in [9.17, 15) is 22.4 Å². The Bertz CT molecular complexity index is 1100. The molecule has 1 aromatic carbocycles. The molecule has 1 aliphatic rings. The Balaban J connectivity index is 1.44. The predicted molar refractivity (Wildman–Crippen MR) is 106 cm³/mol. The zero-order valence-electron chi connectivity index (χ0n) is 16.2. The van der Waals surface area contributed by atoms with E-state index >= 15 is 0 Å². The summed E-state index contributed by atoms with van der Waals surface area (Å²) in [6.07, 6.45) is 2.66. The summed E-state index contributed by atoms with van der Waals surface area (Å²) in [5.74, 6) is -4.29. The molecule has 3 heterocycles. The second-order valence-electron chi connectivity index (χ2n) is 7.57. The molecule has 0 radical (unpaired) electrons. The van der Waals surface area contributed by atoms with Gasteiger partial charge in [0.2, 0.25) is 5.91 Å². The van der Waals surface area contributed by atoms with Crippen LogP contribution in [0.25, 0.3) is 10.9 Å². The monoisotopic (exact) mass is 420 g/mol. The number of fused-ring (bicyclic) bond motifs is 1. The maximum Gasteiger partial charge on any atom is 0.251 e. The van der Waals surface area contributed by atoms with Crippen LogP contribution in [0, 0.1) is 18.6 Å². The average molecular weight is 420 g/mol. The molecule has 0 aliphatic carbocycles. The highest BCUT2D eigenvalue weighted by atomic mass is 19.3. The Morgan fingerprint density at radius 2 is 1.90 bits per heavy atom. The van der Waals surface area contributed by atoms with Crippen LogP contribution in [0.15, 0.2) is 30.6 Å². The van der Waals surface area contributed by atoms with Crippen LogP contribution in [0.1, 0.15) is 24.0 Å². The summed E-state index contributed by atoms with van der Waals surface area (Å²) in [5, 5.41) is 3.05. The van der Waals surface area contributed by atoms with Gasteiger partial charge in [-0.25, -0.2) is 22.5 Å². The SMILES string of the molecule is Cc1cc(CC(=O)Nc2c[nH]c3cc(F)c(F)cc23)cnc1N1CCC(F)(F)CC1. The number of aromatic nitrogens is 2. The summed E-state index contributed by atoms with van der Waals surface area (Å²) in [6.45, 7) is 2.30. The van der Waals surface area contributed by atoms with Crippen molar-refractivity contribution in [3.05, 3.63) is 53.4 Å². The minimum Gasteiger partial charge on any atom is -0.359 e. The van der Waals surface area contributed by atoms with E-state index in [1.54, 1.807) is 12.3 Å². The number of halogens is 4. The molecule has 0 spiro atoms. The smallest absolute Gasteiger partial charge is 0.251 e. The number of hydrogen-bond donors (Lipinski definition) is 2. The van der Waals surface area contributed by atoms with E-state index in [4.69, 9.17) is 0 Å². The summed E-state index contributed by atoms with van der Waals surface area (Å²) >= 11 is 0. The van der Waals surface area contributed by atoms with E-state index in [1.165, 1.54) is 6.20 Å². The summed E-state index contributed by atoms with van der Waals surface area (Å²) in [5.41, 5.74) is 2.19. The van der Waals surface area contributed by atoms with E-state index in [-0.39, 0.29) is 38.3 Å². The predicted octanol–water partition coefficient (Wildman–Crippen LogP) is 4.57. The number of amides is 1. The maximum absolute atomic E-state index is 13.5. The minimum atomic E-state index is -2.63. The molecular weight excluding hydrogens is 400 g/mol. The maximum atomic E-state index is 13.5. The van der Waals surface area contributed by atoms with Crippen molar-refractivity contribution in [1.29, 1.82) is 0 Å². The molecule has 0 bridgehead atoms. The fourth-order valence-electron chi connectivity index (χ4n) is 3.70. The Morgan fingerprint density at radius 1 is 1.20 bits per heavy atom. The van der Waals surface area contributed by atoms with Gasteiger partial charge in [-0.05, 0) is 24.1 Å². The van der Waals surface area contributed by atoms with Crippen molar-refractivity contribution >= 4 is 28.3 Å². The lowest BCUT2D eigenvalue weighted by atomic mass is 10.1. The zero-order valence-corrected chi connectivity index (χ0v) is 16.2. The molecule has 1 fully saturated rings. The number of carbonyl (C=O) groups is 1. The number of alkyl halides is 2. The normalized spacial score (nSPS) is 16.1. The Kier molecular flexibility index (Phi) is 5.13. The highest BCUT2D eigenvalue weighted by molar-refractivity contribution is 6.02. The third-order valence-electron chi connectivity index (χ3n) is 5.26. The Morgan fingerprint density at radius 3 is 2.60 bits per heavy atom. The van der Waals surface area contributed by atoms with Gasteiger partial charge >= 0.3 is 0 Å². The first-order chi connectivity index (χ1) is 14.2. The summed E-state index contributed by atoms with van der Waals surface area (Å²) in [7, 11) is 0. The molecule has 0 saturated carbocycles. The molecule has 2 aromatic heterocycles. The van der Waals surface area contributed by atoms with Gasteiger partial charge in [-0.2, -0.15) is 0 Å². The number of rotatable bonds is 4. The van der Waals surface area contributed by atoms with Crippen LogP contribution in [0.2, 0.25) is 0 Å². The number of pyridine rings is 1. The number of hydrogen-bond acceptors (Lipinski definition) is 3. The van der Waals surface area contributed by atoms with Gasteiger partial charge in [0.1, 0.15) is 5.82 Å². The quantitative estimate of drug-likeness (QED) is 0.608. The lowest BCUT2D eigenvalue weighted by Gasteiger charge is -2.33. The van der Waals surface area contributed by atoms with Crippen molar-refractivity contribution in [3.8, 4) is 0 Å². The van der Waals surface area contributed by atoms with Crippen LogP contribution in [-0.4, -0.2) is 34.9 Å². The number of benzene rings is 1. The van der Waals surface area contributed by atoms with Crippen LogP contribution in [0.4, 0.5) is 29.1 Å². The molecule has 5 nitrogen and oxygen atoms in total. The number of carbonyl (C=O) groups excluding carboxylic acids is 1. The lowest BCUT2D eigenvalue weighted by Crippen LogP contribution is -2.40. The number of anilines is 2. The summed E-state index contributed by atoms with van der Waals surface area (Å²) < 4.78 is 53.6. The second kappa shape index (κ2) is 7.62. The molecule has 1 amide bonds. The number of H-pyrrole nitrogens is 1. The molecule has 158 valence electrons. The van der Waals surface area contributed by atoms with Gasteiger partial charge in [0.05, 0.1) is 17.6 Å². The van der Waals surface area contributed by atoms with Gasteiger partial charge in [0.15, 0.2) is 11.6 Å². The van der Waals surface area contributed by atoms with Gasteiger partial charge in [-0.15, -0.1) is 0 Å². The zero-order chi connectivity index (χ0) is 21.5. The van der Waals surface area contributed by atoms with E-state index < -0.39 is 17.6 Å². The van der Waals surface area contributed by atoms with Crippen LogP contribution >= 0.6 is 0 Å². The largest absolute Gasteiger partial charge is 0.359 e. The molecule has 2 N–H and O–H groups in total. The fourth-order valence-corrected chi connectivity index (χ4v) is 3.70. The van der Waals surface area contributed by atoms with E-state index in [1.807, 2.05) is 11.8 Å². The molecular formula is C21H20F4N4O. The molecule has 4 rings (SSSR count). The van der Waals surface area contributed by atoms with Gasteiger partial charge < -0.3 is 15.2 Å². The Labute approximate surface area is 170 Å². The van der Waals surface area contributed by atoms with E-state index in [0.717, 1.165) is 17.7 Å². The lowest BCUT2D eigenvalue weighted by molar-refractivity contribution is -0.115. The van der Waals surface area contributed by atoms with Crippen molar-refractivity contribution in [2.24, 2.45) is 0 Å². The second-order valence-corrected chi connectivity index (χ2v) is 7.57. The van der Waals surface area contributed by atoms with Crippen molar-refractivity contribution in [3.63, 3.8) is 0 Å². The number of nitrogens with zero attached hydrogens (tertiary/aromatic N) is 2. The average Bonchev–Trinajstić information content (AvgIpc) is 3.04.